The van der Waals surface area contributed by atoms with Gasteiger partial charge in [-0.05, 0) is 22.0 Å². The van der Waals surface area contributed by atoms with E-state index in [-0.39, 0.29) is 5.69 Å². The lowest BCUT2D eigenvalue weighted by Gasteiger charge is -2.16. The Morgan fingerprint density at radius 2 is 2.16 bits per heavy atom. The van der Waals surface area contributed by atoms with E-state index in [1.165, 1.54) is 25.2 Å². The first-order valence-electron chi connectivity index (χ1n) is 4.99. The molecule has 0 heterocycles. The number of hydrogen-bond donors (Lipinski definition) is 2. The van der Waals surface area contributed by atoms with Crippen LogP contribution in [0.1, 0.15) is 0 Å². The van der Waals surface area contributed by atoms with Crippen molar-refractivity contribution in [3.63, 3.8) is 0 Å². The van der Waals surface area contributed by atoms with Crippen LogP contribution >= 0.6 is 15.9 Å². The third-order valence-electron chi connectivity index (χ3n) is 2.12. The van der Waals surface area contributed by atoms with Crippen LogP contribution in [-0.4, -0.2) is 40.5 Å². The van der Waals surface area contributed by atoms with Gasteiger partial charge in [-0.1, -0.05) is 0 Å². The largest absolute Gasteiger partial charge is 0.480 e. The molecule has 0 radical (unpaired) electrons. The Hall–Kier alpha value is -2.16. The van der Waals surface area contributed by atoms with Crippen molar-refractivity contribution in [1.82, 2.24) is 4.90 Å². The average Bonchev–Trinajstić information content (AvgIpc) is 2.30. The first kappa shape index (κ1) is 14.9. The summed E-state index contributed by atoms with van der Waals surface area (Å²) >= 11 is 3.09. The van der Waals surface area contributed by atoms with Crippen molar-refractivity contribution in [2.45, 2.75) is 0 Å². The van der Waals surface area contributed by atoms with Gasteiger partial charge in [0.1, 0.15) is 6.54 Å². The minimum atomic E-state index is -1.14. The molecule has 9 heteroatoms. The van der Waals surface area contributed by atoms with Gasteiger partial charge in [-0.25, -0.2) is 4.79 Å². The lowest BCUT2D eigenvalue weighted by molar-refractivity contribution is -0.384. The van der Waals surface area contributed by atoms with Crippen LogP contribution in [0.15, 0.2) is 22.7 Å². The van der Waals surface area contributed by atoms with Crippen LogP contribution in [-0.2, 0) is 4.79 Å². The van der Waals surface area contributed by atoms with E-state index in [2.05, 4.69) is 21.2 Å². The smallest absolute Gasteiger partial charge is 0.323 e. The molecule has 102 valence electrons. The van der Waals surface area contributed by atoms with Crippen LogP contribution in [0, 0.1) is 10.1 Å². The van der Waals surface area contributed by atoms with Crippen molar-refractivity contribution < 1.29 is 19.6 Å². The minimum Gasteiger partial charge on any atom is -0.480 e. The summed E-state index contributed by atoms with van der Waals surface area (Å²) < 4.78 is 0.332. The molecule has 1 aromatic rings. The Morgan fingerprint density at radius 3 is 2.63 bits per heavy atom. The van der Waals surface area contributed by atoms with Gasteiger partial charge in [0.15, 0.2) is 0 Å². The molecule has 0 aliphatic heterocycles. The summed E-state index contributed by atoms with van der Waals surface area (Å²) in [5.74, 6) is -1.14. The fourth-order valence-electron chi connectivity index (χ4n) is 1.20. The van der Waals surface area contributed by atoms with Crippen molar-refractivity contribution in [2.24, 2.45) is 0 Å². The fourth-order valence-corrected chi connectivity index (χ4v) is 1.67. The molecule has 0 spiro atoms. The number of urea groups is 1. The van der Waals surface area contributed by atoms with Gasteiger partial charge in [0.05, 0.1) is 10.6 Å². The zero-order chi connectivity index (χ0) is 14.6. The van der Waals surface area contributed by atoms with Crippen LogP contribution in [0.2, 0.25) is 0 Å². The molecular formula is C10H10BrN3O5. The highest BCUT2D eigenvalue weighted by Crippen LogP contribution is 2.27. The van der Waals surface area contributed by atoms with Gasteiger partial charge >= 0.3 is 12.0 Å². The number of carboxylic acids is 1. The summed E-state index contributed by atoms with van der Waals surface area (Å²) in [6, 6.07) is 3.20. The molecule has 0 atom stereocenters. The lowest BCUT2D eigenvalue weighted by atomic mass is 10.3. The monoisotopic (exact) mass is 331 g/mol. The molecule has 1 aromatic carbocycles. The Balaban J connectivity index is 2.80. The maximum atomic E-state index is 11.6. The molecule has 0 saturated heterocycles. The molecule has 19 heavy (non-hydrogen) atoms. The number of anilines is 1. The third kappa shape index (κ3) is 4.21. The predicted octanol–water partition coefficient (Wildman–Crippen LogP) is 1.91. The first-order chi connectivity index (χ1) is 8.81. The number of nitrogens with zero attached hydrogens (tertiary/aromatic N) is 2. The number of carboxylic acid groups (broad SMARTS) is 1. The quantitative estimate of drug-likeness (QED) is 0.646. The second-order valence-corrected chi connectivity index (χ2v) is 4.46. The number of aliphatic carboxylic acids is 1. The number of nitrogens with one attached hydrogen (secondary N) is 1. The molecule has 0 fully saturated rings. The second kappa shape index (κ2) is 6.14. The second-order valence-electron chi connectivity index (χ2n) is 3.60. The van der Waals surface area contributed by atoms with Gasteiger partial charge < -0.3 is 15.3 Å². The zero-order valence-corrected chi connectivity index (χ0v) is 11.4. The lowest BCUT2D eigenvalue weighted by Crippen LogP contribution is -2.35. The number of nitro benzene ring substituents is 1. The van der Waals surface area contributed by atoms with Gasteiger partial charge in [-0.2, -0.15) is 0 Å². The summed E-state index contributed by atoms with van der Waals surface area (Å²) in [4.78, 5) is 33.0. The standard InChI is InChI=1S/C10H10BrN3O5/c1-13(5-9(15)16)10(17)12-8-3-2-6(14(18)19)4-7(8)11/h2-4H,5H2,1H3,(H,12,17)(H,15,16). The third-order valence-corrected chi connectivity index (χ3v) is 2.78. The zero-order valence-electron chi connectivity index (χ0n) is 9.79. The number of carbonyl (C=O) groups excluding carboxylic acids is 1. The molecule has 0 aliphatic rings. The number of benzene rings is 1. The molecule has 0 saturated carbocycles. The Morgan fingerprint density at radius 1 is 1.53 bits per heavy atom. The first-order valence-corrected chi connectivity index (χ1v) is 5.78. The average molecular weight is 332 g/mol. The topological polar surface area (TPSA) is 113 Å². The summed E-state index contributed by atoms with van der Waals surface area (Å²) in [7, 11) is 1.32. The molecule has 2 N–H and O–H groups in total. The number of likely N-dealkylation sites (N-methyl/N-ethyl adjacent to an activating group) is 1. The highest BCUT2D eigenvalue weighted by Gasteiger charge is 2.15. The van der Waals surface area contributed by atoms with E-state index in [0.717, 1.165) is 4.90 Å². The number of rotatable bonds is 4. The Kier molecular flexibility index (Phi) is 4.81. The minimum absolute atomic E-state index is 0.122. The number of hydrogen-bond acceptors (Lipinski definition) is 4. The molecule has 0 aliphatic carbocycles. The Labute approximate surface area is 116 Å². The number of nitro groups is 1. The van der Waals surface area contributed by atoms with Gasteiger partial charge in [-0.15, -0.1) is 0 Å². The van der Waals surface area contributed by atoms with E-state index in [4.69, 9.17) is 5.11 Å². The summed E-state index contributed by atoms with van der Waals surface area (Å²) in [6.45, 7) is -0.448. The van der Waals surface area contributed by atoms with E-state index in [9.17, 15) is 19.7 Å². The summed E-state index contributed by atoms with van der Waals surface area (Å²) in [5, 5.41) is 21.5. The number of amides is 2. The molecule has 1 rings (SSSR count). The van der Waals surface area contributed by atoms with E-state index in [0.29, 0.717) is 10.2 Å². The summed E-state index contributed by atoms with van der Waals surface area (Å²) in [6.07, 6.45) is 0. The van der Waals surface area contributed by atoms with Crippen molar-refractivity contribution in [3.8, 4) is 0 Å². The molecule has 0 aromatic heterocycles. The van der Waals surface area contributed by atoms with Crippen LogP contribution in [0.4, 0.5) is 16.2 Å². The van der Waals surface area contributed by atoms with E-state index < -0.39 is 23.5 Å². The molecule has 0 bridgehead atoms. The highest BCUT2D eigenvalue weighted by molar-refractivity contribution is 9.10. The maximum absolute atomic E-state index is 11.6. The SMILES string of the molecule is CN(CC(=O)O)C(=O)Nc1ccc([N+](=O)[O-])cc1Br. The van der Waals surface area contributed by atoms with Crippen molar-refractivity contribution >= 4 is 39.3 Å². The van der Waals surface area contributed by atoms with Crippen LogP contribution in [0.5, 0.6) is 0 Å². The number of carbonyl (C=O) groups is 2. The number of non-ortho nitro benzene ring substituents is 1. The van der Waals surface area contributed by atoms with Crippen molar-refractivity contribution in [2.75, 3.05) is 18.9 Å². The fraction of sp³-hybridized carbons (Fsp3) is 0.200. The van der Waals surface area contributed by atoms with Gasteiger partial charge in [0.25, 0.3) is 5.69 Å². The van der Waals surface area contributed by atoms with Crippen LogP contribution in [0.25, 0.3) is 0 Å². The van der Waals surface area contributed by atoms with Crippen LogP contribution < -0.4 is 5.32 Å². The van der Waals surface area contributed by atoms with Crippen molar-refractivity contribution in [1.29, 1.82) is 0 Å². The normalized spacial score (nSPS) is 9.79. The maximum Gasteiger partial charge on any atom is 0.323 e. The van der Waals surface area contributed by atoms with Crippen molar-refractivity contribution in [3.05, 3.63) is 32.8 Å². The van der Waals surface area contributed by atoms with Crippen LogP contribution in [0.3, 0.4) is 0 Å². The highest BCUT2D eigenvalue weighted by atomic mass is 79.9. The van der Waals surface area contributed by atoms with Gasteiger partial charge in [-0.3, -0.25) is 14.9 Å². The van der Waals surface area contributed by atoms with E-state index in [1.54, 1.807) is 0 Å². The molecule has 2 amide bonds. The predicted molar refractivity (Wildman–Crippen MR) is 70.1 cm³/mol. The number of halogens is 1. The van der Waals surface area contributed by atoms with E-state index >= 15 is 0 Å². The van der Waals surface area contributed by atoms with Gasteiger partial charge in [0.2, 0.25) is 0 Å². The summed E-state index contributed by atoms with van der Waals surface area (Å²) in [5.41, 5.74) is 0.191. The Bertz CT molecular complexity index is 534. The van der Waals surface area contributed by atoms with Gasteiger partial charge in [0, 0.05) is 23.7 Å². The molecular weight excluding hydrogens is 322 g/mol. The molecule has 0 unspecified atom stereocenters. The van der Waals surface area contributed by atoms with E-state index in [1.807, 2.05) is 0 Å². The molecule has 8 nitrogen and oxygen atoms in total.